The van der Waals surface area contributed by atoms with E-state index in [1.54, 1.807) is 6.21 Å². The fourth-order valence-electron chi connectivity index (χ4n) is 3.16. The summed E-state index contributed by atoms with van der Waals surface area (Å²) in [5.41, 5.74) is 4.55. The number of rotatable bonds is 4. The Hall–Kier alpha value is -2.98. The Labute approximate surface area is 165 Å². The molecule has 1 N–H and O–H groups in total. The number of halogens is 1. The number of hydrazone groups is 1. The lowest BCUT2D eigenvalue weighted by atomic mass is 10.0. The van der Waals surface area contributed by atoms with Crippen molar-refractivity contribution in [2.75, 3.05) is 0 Å². The largest absolute Gasteiger partial charge is 0.273 e. The molecule has 0 radical (unpaired) electrons. The van der Waals surface area contributed by atoms with Crippen LogP contribution in [0.5, 0.6) is 0 Å². The molecular weight excluding hydrogens is 400 g/mol. The molecule has 0 heterocycles. The Morgan fingerprint density at radius 3 is 2.48 bits per heavy atom. The molecule has 3 nitrogen and oxygen atoms in total. The quantitative estimate of drug-likeness (QED) is 0.348. The minimum atomic E-state index is -0.139. The van der Waals surface area contributed by atoms with Gasteiger partial charge in [0.2, 0.25) is 5.91 Å². The van der Waals surface area contributed by atoms with Gasteiger partial charge in [0.05, 0.1) is 12.6 Å². The van der Waals surface area contributed by atoms with Crippen molar-refractivity contribution in [1.82, 2.24) is 5.43 Å². The van der Waals surface area contributed by atoms with Crippen LogP contribution in [0.2, 0.25) is 0 Å². The van der Waals surface area contributed by atoms with Gasteiger partial charge in [0.25, 0.3) is 0 Å². The molecule has 0 aliphatic rings. The fourth-order valence-corrected chi connectivity index (χ4v) is 3.64. The van der Waals surface area contributed by atoms with Crippen LogP contribution in [0.4, 0.5) is 0 Å². The highest BCUT2D eigenvalue weighted by molar-refractivity contribution is 9.10. The molecule has 0 unspecified atom stereocenters. The van der Waals surface area contributed by atoms with Crippen molar-refractivity contribution in [1.29, 1.82) is 0 Å². The van der Waals surface area contributed by atoms with Crippen molar-refractivity contribution in [3.63, 3.8) is 0 Å². The van der Waals surface area contributed by atoms with E-state index in [1.807, 2.05) is 66.7 Å². The van der Waals surface area contributed by atoms with Gasteiger partial charge in [0.1, 0.15) is 0 Å². The Balaban J connectivity index is 1.46. The average Bonchev–Trinajstić information content (AvgIpc) is 2.70. The SMILES string of the molecule is O=C(Cc1ccc(Br)c2ccccc12)N/N=C\c1ccc2ccccc2c1. The van der Waals surface area contributed by atoms with E-state index in [2.05, 4.69) is 38.6 Å². The van der Waals surface area contributed by atoms with Crippen LogP contribution in [0.3, 0.4) is 0 Å². The lowest BCUT2D eigenvalue weighted by Gasteiger charge is -2.07. The molecule has 0 atom stereocenters. The van der Waals surface area contributed by atoms with E-state index in [0.29, 0.717) is 0 Å². The molecule has 0 fully saturated rings. The van der Waals surface area contributed by atoms with Crippen molar-refractivity contribution in [3.05, 3.63) is 94.5 Å². The number of carbonyl (C=O) groups is 1. The Morgan fingerprint density at radius 1 is 0.889 bits per heavy atom. The maximum absolute atomic E-state index is 12.3. The van der Waals surface area contributed by atoms with Crippen molar-refractivity contribution in [3.8, 4) is 0 Å². The predicted molar refractivity (Wildman–Crippen MR) is 115 cm³/mol. The van der Waals surface area contributed by atoms with Crippen LogP contribution in [-0.2, 0) is 11.2 Å². The molecule has 0 saturated carbocycles. The summed E-state index contributed by atoms with van der Waals surface area (Å²) in [5.74, 6) is -0.139. The summed E-state index contributed by atoms with van der Waals surface area (Å²) in [6.45, 7) is 0. The van der Waals surface area contributed by atoms with E-state index >= 15 is 0 Å². The second-order valence-corrected chi connectivity index (χ2v) is 7.18. The van der Waals surface area contributed by atoms with Crippen LogP contribution < -0.4 is 5.43 Å². The summed E-state index contributed by atoms with van der Waals surface area (Å²) in [7, 11) is 0. The third kappa shape index (κ3) is 3.91. The second-order valence-electron chi connectivity index (χ2n) is 6.33. The standard InChI is InChI=1S/C23H17BrN2O/c24-22-12-11-19(20-7-3-4-8-21(20)22)14-23(27)26-25-15-16-9-10-17-5-1-2-6-18(17)13-16/h1-13,15H,14H2,(H,26,27)/b25-15-. The van der Waals surface area contributed by atoms with Crippen molar-refractivity contribution < 1.29 is 4.79 Å². The molecular formula is C23H17BrN2O. The summed E-state index contributed by atoms with van der Waals surface area (Å²) in [4.78, 5) is 12.3. The normalized spacial score (nSPS) is 11.3. The predicted octanol–water partition coefficient (Wildman–Crippen LogP) is 5.45. The lowest BCUT2D eigenvalue weighted by molar-refractivity contribution is -0.120. The van der Waals surface area contributed by atoms with E-state index in [9.17, 15) is 4.79 Å². The summed E-state index contributed by atoms with van der Waals surface area (Å²) >= 11 is 3.56. The van der Waals surface area contributed by atoms with Crippen LogP contribution in [0.1, 0.15) is 11.1 Å². The molecule has 4 aromatic rings. The number of nitrogens with one attached hydrogen (secondary N) is 1. The van der Waals surface area contributed by atoms with Crippen molar-refractivity contribution in [2.45, 2.75) is 6.42 Å². The minimum absolute atomic E-state index is 0.139. The highest BCUT2D eigenvalue weighted by atomic mass is 79.9. The number of nitrogens with zero attached hydrogens (tertiary/aromatic N) is 1. The monoisotopic (exact) mass is 416 g/mol. The highest BCUT2D eigenvalue weighted by Crippen LogP contribution is 2.27. The third-order valence-electron chi connectivity index (χ3n) is 4.49. The van der Waals surface area contributed by atoms with Crippen molar-refractivity contribution >= 4 is 49.6 Å². The average molecular weight is 417 g/mol. The summed E-state index contributed by atoms with van der Waals surface area (Å²) in [5, 5.41) is 8.61. The molecule has 4 heteroatoms. The van der Waals surface area contributed by atoms with Crippen LogP contribution in [-0.4, -0.2) is 12.1 Å². The molecule has 0 aliphatic carbocycles. The van der Waals surface area contributed by atoms with E-state index in [-0.39, 0.29) is 12.3 Å². The van der Waals surface area contributed by atoms with Gasteiger partial charge in [-0.1, -0.05) is 82.7 Å². The van der Waals surface area contributed by atoms with E-state index in [4.69, 9.17) is 0 Å². The van der Waals surface area contributed by atoms with Gasteiger partial charge >= 0.3 is 0 Å². The summed E-state index contributed by atoms with van der Waals surface area (Å²) in [6, 6.07) is 26.2. The molecule has 0 bridgehead atoms. The first-order valence-electron chi connectivity index (χ1n) is 8.67. The molecule has 0 aromatic heterocycles. The Kier molecular flexibility index (Phi) is 4.99. The van der Waals surface area contributed by atoms with E-state index in [1.165, 1.54) is 5.39 Å². The fraction of sp³-hybridized carbons (Fsp3) is 0.0435. The van der Waals surface area contributed by atoms with Crippen molar-refractivity contribution in [2.24, 2.45) is 5.10 Å². The molecule has 0 spiro atoms. The smallest absolute Gasteiger partial charge is 0.244 e. The van der Waals surface area contributed by atoms with Crippen LogP contribution in [0.25, 0.3) is 21.5 Å². The van der Waals surface area contributed by atoms with Gasteiger partial charge < -0.3 is 0 Å². The first-order valence-corrected chi connectivity index (χ1v) is 9.47. The van der Waals surface area contributed by atoms with Gasteiger partial charge in [0, 0.05) is 4.47 Å². The maximum atomic E-state index is 12.3. The van der Waals surface area contributed by atoms with E-state index in [0.717, 1.165) is 31.8 Å². The second kappa shape index (κ2) is 7.72. The van der Waals surface area contributed by atoms with E-state index < -0.39 is 0 Å². The minimum Gasteiger partial charge on any atom is -0.273 e. The van der Waals surface area contributed by atoms with Crippen LogP contribution in [0, 0.1) is 0 Å². The van der Waals surface area contributed by atoms with Gasteiger partial charge in [-0.25, -0.2) is 5.43 Å². The number of benzene rings is 4. The summed E-state index contributed by atoms with van der Waals surface area (Å²) < 4.78 is 1.02. The van der Waals surface area contributed by atoms with Gasteiger partial charge in [0.15, 0.2) is 0 Å². The zero-order chi connectivity index (χ0) is 18.6. The van der Waals surface area contributed by atoms with Crippen LogP contribution in [0.15, 0.2) is 88.4 Å². The number of fused-ring (bicyclic) bond motifs is 2. The molecule has 1 amide bonds. The first kappa shape index (κ1) is 17.4. The number of hydrogen-bond acceptors (Lipinski definition) is 2. The molecule has 132 valence electrons. The Morgan fingerprint density at radius 2 is 1.63 bits per heavy atom. The van der Waals surface area contributed by atoms with Gasteiger partial charge in [-0.05, 0) is 44.8 Å². The van der Waals surface area contributed by atoms with Gasteiger partial charge in [-0.3, -0.25) is 4.79 Å². The molecule has 27 heavy (non-hydrogen) atoms. The van der Waals surface area contributed by atoms with Gasteiger partial charge in [-0.2, -0.15) is 5.10 Å². The number of amides is 1. The molecule has 4 aromatic carbocycles. The molecule has 0 saturated heterocycles. The first-order chi connectivity index (χ1) is 13.2. The Bertz CT molecular complexity index is 1170. The molecule has 4 rings (SSSR count). The lowest BCUT2D eigenvalue weighted by Crippen LogP contribution is -2.19. The topological polar surface area (TPSA) is 41.5 Å². The maximum Gasteiger partial charge on any atom is 0.244 e. The zero-order valence-electron chi connectivity index (χ0n) is 14.5. The van der Waals surface area contributed by atoms with Gasteiger partial charge in [-0.15, -0.1) is 0 Å². The zero-order valence-corrected chi connectivity index (χ0v) is 16.1. The third-order valence-corrected chi connectivity index (χ3v) is 5.18. The number of hydrogen-bond donors (Lipinski definition) is 1. The highest BCUT2D eigenvalue weighted by Gasteiger charge is 2.08. The molecule has 0 aliphatic heterocycles. The summed E-state index contributed by atoms with van der Waals surface area (Å²) in [6.07, 6.45) is 1.95. The number of carbonyl (C=O) groups excluding carboxylic acids is 1. The van der Waals surface area contributed by atoms with Crippen LogP contribution >= 0.6 is 15.9 Å².